The third-order valence-electron chi connectivity index (χ3n) is 6.03. The summed E-state index contributed by atoms with van der Waals surface area (Å²) in [6, 6.07) is 8.22. The van der Waals surface area contributed by atoms with Gasteiger partial charge >= 0.3 is 5.97 Å². The second-order valence-electron chi connectivity index (χ2n) is 8.07. The Balaban J connectivity index is 1.31. The van der Waals surface area contributed by atoms with E-state index >= 15 is 0 Å². The average Bonchev–Trinajstić information content (AvgIpc) is 3.36. The Labute approximate surface area is 175 Å². The molecule has 1 fully saturated rings. The first-order valence-corrected chi connectivity index (χ1v) is 10.3. The van der Waals surface area contributed by atoms with Gasteiger partial charge in [-0.25, -0.2) is 9.48 Å². The van der Waals surface area contributed by atoms with Gasteiger partial charge in [-0.05, 0) is 43.2 Å². The molecule has 0 saturated carbocycles. The zero-order valence-electron chi connectivity index (χ0n) is 17.3. The molecule has 2 aromatic heterocycles. The smallest absolute Gasteiger partial charge is 0.338 e. The number of pyridine rings is 1. The molecule has 1 saturated heterocycles. The first-order valence-electron chi connectivity index (χ1n) is 10.3. The second-order valence-corrected chi connectivity index (χ2v) is 8.07. The SMILES string of the molecule is Cc1cc(-n2cc(CN3CCN[C@H](c4ccc5c(c4C)COC5=O)C3)cn2)ccn1. The van der Waals surface area contributed by atoms with Gasteiger partial charge in [-0.2, -0.15) is 5.10 Å². The van der Waals surface area contributed by atoms with Crippen molar-refractivity contribution in [2.24, 2.45) is 0 Å². The van der Waals surface area contributed by atoms with E-state index in [9.17, 15) is 4.79 Å². The van der Waals surface area contributed by atoms with Crippen LogP contribution in [0.5, 0.6) is 0 Å². The standard InChI is InChI=1S/C23H25N5O2/c1-15-9-18(5-6-24-15)28-12-17(10-26-28)11-27-8-7-25-22(13-27)19-3-4-20-21(16(19)2)14-30-23(20)29/h3-6,9-10,12,22,25H,7-8,11,13-14H2,1-2H3/t22-/m0/s1. The van der Waals surface area contributed by atoms with Gasteiger partial charge in [0.15, 0.2) is 0 Å². The summed E-state index contributed by atoms with van der Waals surface area (Å²) in [6.07, 6.45) is 5.84. The van der Waals surface area contributed by atoms with Gasteiger partial charge in [-0.15, -0.1) is 0 Å². The Morgan fingerprint density at radius 3 is 3.03 bits per heavy atom. The van der Waals surface area contributed by atoms with E-state index in [1.54, 1.807) is 0 Å². The van der Waals surface area contributed by atoms with Crippen molar-refractivity contribution >= 4 is 5.97 Å². The molecule has 1 N–H and O–H groups in total. The minimum atomic E-state index is -0.209. The van der Waals surface area contributed by atoms with Gasteiger partial charge in [0.2, 0.25) is 0 Å². The maximum absolute atomic E-state index is 11.8. The molecule has 2 aliphatic heterocycles. The molecule has 154 valence electrons. The van der Waals surface area contributed by atoms with Crippen LogP contribution in [-0.4, -0.2) is 45.3 Å². The molecule has 0 aliphatic carbocycles. The number of piperazine rings is 1. The van der Waals surface area contributed by atoms with Crippen LogP contribution in [0, 0.1) is 13.8 Å². The van der Waals surface area contributed by atoms with Gasteiger partial charge in [0.25, 0.3) is 0 Å². The van der Waals surface area contributed by atoms with E-state index in [0.717, 1.165) is 43.1 Å². The van der Waals surface area contributed by atoms with Crippen molar-refractivity contribution in [2.45, 2.75) is 33.0 Å². The first kappa shape index (κ1) is 19.0. The summed E-state index contributed by atoms with van der Waals surface area (Å²) in [5, 5.41) is 8.17. The predicted molar refractivity (Wildman–Crippen MR) is 112 cm³/mol. The lowest BCUT2D eigenvalue weighted by Crippen LogP contribution is -2.45. The number of rotatable bonds is 4. The van der Waals surface area contributed by atoms with Crippen LogP contribution in [0.2, 0.25) is 0 Å². The maximum atomic E-state index is 11.8. The van der Waals surface area contributed by atoms with Gasteiger partial charge in [0, 0.05) is 61.4 Å². The van der Waals surface area contributed by atoms with Gasteiger partial charge in [0.05, 0.1) is 17.4 Å². The number of aryl methyl sites for hydroxylation is 1. The summed E-state index contributed by atoms with van der Waals surface area (Å²) in [5.74, 6) is -0.209. The Bertz CT molecular complexity index is 1110. The summed E-state index contributed by atoms with van der Waals surface area (Å²) < 4.78 is 7.12. The minimum absolute atomic E-state index is 0.209. The lowest BCUT2D eigenvalue weighted by Gasteiger charge is -2.34. The highest BCUT2D eigenvalue weighted by molar-refractivity contribution is 5.94. The number of benzene rings is 1. The van der Waals surface area contributed by atoms with Crippen molar-refractivity contribution < 1.29 is 9.53 Å². The number of esters is 1. The summed E-state index contributed by atoms with van der Waals surface area (Å²) >= 11 is 0. The maximum Gasteiger partial charge on any atom is 0.338 e. The number of hydrogen-bond donors (Lipinski definition) is 1. The van der Waals surface area contributed by atoms with Crippen molar-refractivity contribution in [3.8, 4) is 5.69 Å². The number of ether oxygens (including phenoxy) is 1. The molecule has 4 heterocycles. The largest absolute Gasteiger partial charge is 0.457 e. The molecule has 30 heavy (non-hydrogen) atoms. The van der Waals surface area contributed by atoms with Gasteiger partial charge in [-0.1, -0.05) is 6.07 Å². The quantitative estimate of drug-likeness (QED) is 0.676. The molecule has 0 radical (unpaired) electrons. The van der Waals surface area contributed by atoms with Gasteiger partial charge in [0.1, 0.15) is 6.61 Å². The van der Waals surface area contributed by atoms with Crippen LogP contribution in [-0.2, 0) is 17.9 Å². The molecule has 7 heteroatoms. The van der Waals surface area contributed by atoms with E-state index in [-0.39, 0.29) is 12.0 Å². The van der Waals surface area contributed by atoms with Gasteiger partial charge in [-0.3, -0.25) is 9.88 Å². The highest BCUT2D eigenvalue weighted by Gasteiger charge is 2.28. The van der Waals surface area contributed by atoms with Crippen LogP contribution < -0.4 is 5.32 Å². The third kappa shape index (κ3) is 3.51. The Morgan fingerprint density at radius 2 is 2.17 bits per heavy atom. The second kappa shape index (κ2) is 7.66. The topological polar surface area (TPSA) is 72.3 Å². The molecule has 2 aliphatic rings. The number of fused-ring (bicyclic) bond motifs is 1. The van der Waals surface area contributed by atoms with E-state index < -0.39 is 0 Å². The predicted octanol–water partition coefficient (Wildman–Crippen LogP) is 2.70. The molecule has 7 nitrogen and oxygen atoms in total. The fourth-order valence-electron chi connectivity index (χ4n) is 4.42. The molecule has 5 rings (SSSR count). The van der Waals surface area contributed by atoms with Crippen molar-refractivity contribution in [3.05, 3.63) is 76.4 Å². The number of cyclic esters (lactones) is 1. The van der Waals surface area contributed by atoms with Crippen LogP contribution in [0.3, 0.4) is 0 Å². The number of nitrogens with one attached hydrogen (secondary N) is 1. The van der Waals surface area contributed by atoms with Gasteiger partial charge < -0.3 is 10.1 Å². The van der Waals surface area contributed by atoms with Crippen molar-refractivity contribution in [1.82, 2.24) is 25.0 Å². The molecule has 1 atom stereocenters. The Kier molecular flexibility index (Phi) is 4.84. The lowest BCUT2D eigenvalue weighted by atomic mass is 9.93. The summed E-state index contributed by atoms with van der Waals surface area (Å²) in [4.78, 5) is 18.5. The van der Waals surface area contributed by atoms with Crippen LogP contribution in [0.1, 0.15) is 44.3 Å². The van der Waals surface area contributed by atoms with E-state index in [2.05, 4.69) is 39.5 Å². The highest BCUT2D eigenvalue weighted by Crippen LogP contribution is 2.30. The monoisotopic (exact) mass is 403 g/mol. The molecule has 0 spiro atoms. The fraction of sp³-hybridized carbons (Fsp3) is 0.348. The zero-order chi connectivity index (χ0) is 20.7. The van der Waals surface area contributed by atoms with E-state index in [4.69, 9.17) is 4.74 Å². The van der Waals surface area contributed by atoms with Crippen LogP contribution in [0.25, 0.3) is 5.69 Å². The number of nitrogens with zero attached hydrogens (tertiary/aromatic N) is 4. The fourth-order valence-corrected chi connectivity index (χ4v) is 4.42. The zero-order valence-corrected chi connectivity index (χ0v) is 17.3. The minimum Gasteiger partial charge on any atom is -0.457 e. The van der Waals surface area contributed by atoms with Crippen LogP contribution >= 0.6 is 0 Å². The molecular weight excluding hydrogens is 378 g/mol. The number of carbonyl (C=O) groups excluding carboxylic acids is 1. The molecule has 0 unspecified atom stereocenters. The number of hydrogen-bond acceptors (Lipinski definition) is 6. The van der Waals surface area contributed by atoms with E-state index in [1.165, 1.54) is 16.7 Å². The average molecular weight is 403 g/mol. The van der Waals surface area contributed by atoms with Crippen molar-refractivity contribution in [2.75, 3.05) is 19.6 Å². The molecule has 3 aromatic rings. The Morgan fingerprint density at radius 1 is 1.27 bits per heavy atom. The van der Waals surface area contributed by atoms with E-state index in [1.807, 2.05) is 42.2 Å². The van der Waals surface area contributed by atoms with E-state index in [0.29, 0.717) is 12.2 Å². The number of aromatic nitrogens is 3. The molecule has 0 bridgehead atoms. The molecular formula is C23H25N5O2. The molecule has 1 aromatic carbocycles. The molecule has 0 amide bonds. The summed E-state index contributed by atoms with van der Waals surface area (Å²) in [7, 11) is 0. The Hall–Kier alpha value is -3.03. The van der Waals surface area contributed by atoms with Crippen LogP contribution in [0.15, 0.2) is 42.9 Å². The normalized spacial score (nSPS) is 19.0. The highest BCUT2D eigenvalue weighted by atomic mass is 16.5. The summed E-state index contributed by atoms with van der Waals surface area (Å²) in [5.41, 5.74) is 7.35. The number of carbonyl (C=O) groups is 1. The van der Waals surface area contributed by atoms with Crippen LogP contribution in [0.4, 0.5) is 0 Å². The van der Waals surface area contributed by atoms with Crippen molar-refractivity contribution in [3.63, 3.8) is 0 Å². The first-order chi connectivity index (χ1) is 14.6. The third-order valence-corrected chi connectivity index (χ3v) is 6.03. The lowest BCUT2D eigenvalue weighted by molar-refractivity contribution is 0.0535. The summed E-state index contributed by atoms with van der Waals surface area (Å²) in [6.45, 7) is 8.14. The van der Waals surface area contributed by atoms with Crippen molar-refractivity contribution in [1.29, 1.82) is 0 Å².